The van der Waals surface area contributed by atoms with Crippen LogP contribution in [0.15, 0.2) is 36.4 Å². The van der Waals surface area contributed by atoms with Crippen molar-refractivity contribution in [3.8, 4) is 16.9 Å². The summed E-state index contributed by atoms with van der Waals surface area (Å²) in [6.07, 6.45) is -9.43. The van der Waals surface area contributed by atoms with Crippen molar-refractivity contribution in [2.24, 2.45) is 0 Å². The molecular weight excluding hydrogens is 418 g/mol. The van der Waals surface area contributed by atoms with E-state index in [0.29, 0.717) is 0 Å². The lowest BCUT2D eigenvalue weighted by atomic mass is 9.94. The average Bonchev–Trinajstić information content (AvgIpc) is 2.65. The van der Waals surface area contributed by atoms with E-state index in [0.717, 1.165) is 36.4 Å². The van der Waals surface area contributed by atoms with Crippen molar-refractivity contribution in [1.29, 1.82) is 0 Å². The SMILES string of the molecule is COc1cc([N+](=O)[O-])c2nc(C(F)(F)F)cc(C)c2c1-c1ccc(C(F)(F)F)cc1. The molecule has 1 aromatic heterocycles. The number of nitro groups is 1. The van der Waals surface area contributed by atoms with E-state index in [1.165, 1.54) is 14.0 Å². The van der Waals surface area contributed by atoms with Crippen molar-refractivity contribution in [3.05, 3.63) is 63.3 Å². The van der Waals surface area contributed by atoms with Crippen molar-refractivity contribution >= 4 is 16.6 Å². The molecule has 1 heterocycles. The number of rotatable bonds is 3. The number of halogens is 6. The van der Waals surface area contributed by atoms with Crippen LogP contribution in [-0.2, 0) is 12.4 Å². The van der Waals surface area contributed by atoms with E-state index < -0.39 is 39.7 Å². The largest absolute Gasteiger partial charge is 0.496 e. The van der Waals surface area contributed by atoms with Crippen molar-refractivity contribution in [3.63, 3.8) is 0 Å². The van der Waals surface area contributed by atoms with Crippen LogP contribution in [0.5, 0.6) is 5.75 Å². The summed E-state index contributed by atoms with van der Waals surface area (Å²) in [4.78, 5) is 14.0. The van der Waals surface area contributed by atoms with Crippen LogP contribution in [0.4, 0.5) is 32.0 Å². The third-order valence-corrected chi connectivity index (χ3v) is 4.43. The first kappa shape index (κ1) is 21.3. The van der Waals surface area contributed by atoms with E-state index in [1.807, 2.05) is 0 Å². The van der Waals surface area contributed by atoms with Crippen LogP contribution >= 0.6 is 0 Å². The molecule has 0 unspecified atom stereocenters. The van der Waals surface area contributed by atoms with E-state index in [9.17, 15) is 36.5 Å². The highest BCUT2D eigenvalue weighted by atomic mass is 19.4. The molecule has 0 saturated heterocycles. The maximum Gasteiger partial charge on any atom is 0.433 e. The highest BCUT2D eigenvalue weighted by Gasteiger charge is 2.35. The number of methoxy groups -OCH3 is 1. The zero-order valence-electron chi connectivity index (χ0n) is 15.4. The van der Waals surface area contributed by atoms with Gasteiger partial charge in [0.2, 0.25) is 0 Å². The number of benzene rings is 2. The van der Waals surface area contributed by atoms with Gasteiger partial charge < -0.3 is 4.74 Å². The van der Waals surface area contributed by atoms with Gasteiger partial charge in [-0.2, -0.15) is 26.3 Å². The molecule has 3 rings (SSSR count). The van der Waals surface area contributed by atoms with Crippen LogP contribution < -0.4 is 4.74 Å². The van der Waals surface area contributed by atoms with E-state index >= 15 is 0 Å². The van der Waals surface area contributed by atoms with Gasteiger partial charge in [0.15, 0.2) is 0 Å². The predicted octanol–water partition coefficient (Wildman–Crippen LogP) is 6.16. The maximum atomic E-state index is 13.2. The molecule has 2 aromatic carbocycles. The van der Waals surface area contributed by atoms with E-state index in [2.05, 4.69) is 4.98 Å². The van der Waals surface area contributed by atoms with E-state index in [-0.39, 0.29) is 27.8 Å². The summed E-state index contributed by atoms with van der Waals surface area (Å²) in [5, 5.41) is 11.4. The van der Waals surface area contributed by atoms with Gasteiger partial charge in [-0.3, -0.25) is 10.1 Å². The van der Waals surface area contributed by atoms with E-state index in [1.54, 1.807) is 0 Å². The van der Waals surface area contributed by atoms with Crippen molar-refractivity contribution in [2.45, 2.75) is 19.3 Å². The Morgan fingerprint density at radius 2 is 1.60 bits per heavy atom. The molecule has 3 aromatic rings. The molecule has 0 spiro atoms. The molecule has 30 heavy (non-hydrogen) atoms. The van der Waals surface area contributed by atoms with Gasteiger partial charge in [-0.05, 0) is 36.2 Å². The minimum absolute atomic E-state index is 0.00391. The Hall–Kier alpha value is -3.37. The normalized spacial score (nSPS) is 12.3. The number of non-ortho nitro benzene ring substituents is 1. The van der Waals surface area contributed by atoms with Crippen molar-refractivity contribution in [1.82, 2.24) is 4.98 Å². The number of hydrogen-bond acceptors (Lipinski definition) is 4. The van der Waals surface area contributed by atoms with Crippen molar-refractivity contribution < 1.29 is 36.0 Å². The number of fused-ring (bicyclic) bond motifs is 1. The topological polar surface area (TPSA) is 65.3 Å². The molecule has 0 bridgehead atoms. The van der Waals surface area contributed by atoms with Gasteiger partial charge >= 0.3 is 12.4 Å². The summed E-state index contributed by atoms with van der Waals surface area (Å²) in [5.41, 5.74) is -3.22. The van der Waals surface area contributed by atoms with Gasteiger partial charge in [-0.1, -0.05) is 12.1 Å². The Bertz CT molecular complexity index is 1140. The average molecular weight is 430 g/mol. The van der Waals surface area contributed by atoms with Gasteiger partial charge in [0.1, 0.15) is 17.0 Å². The summed E-state index contributed by atoms with van der Waals surface area (Å²) in [6.45, 7) is 1.30. The predicted molar refractivity (Wildman–Crippen MR) is 95.1 cm³/mol. The minimum atomic E-state index is -4.85. The Morgan fingerprint density at radius 1 is 1.00 bits per heavy atom. The number of aromatic nitrogens is 1. The first-order valence-corrected chi connectivity index (χ1v) is 8.26. The molecule has 0 radical (unpaired) electrons. The lowest BCUT2D eigenvalue weighted by Crippen LogP contribution is -2.10. The number of pyridine rings is 1. The second kappa shape index (κ2) is 7.15. The number of aryl methyl sites for hydroxylation is 1. The van der Waals surface area contributed by atoms with Gasteiger partial charge in [0.05, 0.1) is 23.7 Å². The summed E-state index contributed by atoms with van der Waals surface area (Å²) in [5.74, 6) is -0.0846. The zero-order valence-corrected chi connectivity index (χ0v) is 15.4. The molecule has 0 fully saturated rings. The number of ether oxygens (including phenoxy) is 1. The highest BCUT2D eigenvalue weighted by molar-refractivity contribution is 6.04. The molecule has 5 nitrogen and oxygen atoms in total. The Labute approximate surface area is 165 Å². The molecule has 0 aliphatic carbocycles. The number of alkyl halides is 6. The molecular formula is C19H12F6N2O3. The van der Waals surface area contributed by atoms with E-state index in [4.69, 9.17) is 4.74 Å². The molecule has 0 atom stereocenters. The third-order valence-electron chi connectivity index (χ3n) is 4.43. The van der Waals surface area contributed by atoms with Crippen LogP contribution in [0, 0.1) is 17.0 Å². The maximum absolute atomic E-state index is 13.2. The summed E-state index contributed by atoms with van der Waals surface area (Å²) in [7, 11) is 1.19. The van der Waals surface area contributed by atoms with Crippen LogP contribution in [0.1, 0.15) is 16.8 Å². The van der Waals surface area contributed by atoms with Crippen LogP contribution in [0.2, 0.25) is 0 Å². The lowest BCUT2D eigenvalue weighted by Gasteiger charge is -2.16. The molecule has 0 amide bonds. The highest BCUT2D eigenvalue weighted by Crippen LogP contribution is 2.44. The lowest BCUT2D eigenvalue weighted by molar-refractivity contribution is -0.383. The van der Waals surface area contributed by atoms with Gasteiger partial charge in [0.25, 0.3) is 5.69 Å². The van der Waals surface area contributed by atoms with Gasteiger partial charge in [-0.15, -0.1) is 0 Å². The van der Waals surface area contributed by atoms with Gasteiger partial charge in [0, 0.05) is 10.9 Å². The standard InChI is InChI=1S/C19H12F6N2O3/c1-9-7-14(19(23,24)25)26-17-12(27(28)29)8-13(30-2)16(15(9)17)10-3-5-11(6-4-10)18(20,21)22/h3-8H,1-2H3. The summed E-state index contributed by atoms with van der Waals surface area (Å²) < 4.78 is 83.3. The molecule has 158 valence electrons. The fraction of sp³-hybridized carbons (Fsp3) is 0.211. The zero-order chi connectivity index (χ0) is 22.4. The fourth-order valence-electron chi connectivity index (χ4n) is 3.12. The molecule has 11 heteroatoms. The Balaban J connectivity index is 2.42. The molecule has 0 saturated carbocycles. The second-order valence-electron chi connectivity index (χ2n) is 6.35. The fourth-order valence-corrected chi connectivity index (χ4v) is 3.12. The number of hydrogen-bond donors (Lipinski definition) is 0. The first-order chi connectivity index (χ1) is 13.8. The first-order valence-electron chi connectivity index (χ1n) is 8.26. The smallest absolute Gasteiger partial charge is 0.433 e. The Morgan fingerprint density at radius 3 is 2.07 bits per heavy atom. The monoisotopic (exact) mass is 430 g/mol. The van der Waals surface area contributed by atoms with Gasteiger partial charge in [-0.25, -0.2) is 4.98 Å². The van der Waals surface area contributed by atoms with Crippen molar-refractivity contribution in [2.75, 3.05) is 7.11 Å². The Kier molecular flexibility index (Phi) is 5.09. The summed E-state index contributed by atoms with van der Waals surface area (Å²) >= 11 is 0. The second-order valence-corrected chi connectivity index (χ2v) is 6.35. The molecule has 0 N–H and O–H groups in total. The minimum Gasteiger partial charge on any atom is -0.496 e. The molecule has 0 aliphatic rings. The number of nitro benzene ring substituents is 1. The summed E-state index contributed by atoms with van der Waals surface area (Å²) in [6, 6.07) is 5.46. The van der Waals surface area contributed by atoms with Crippen LogP contribution in [-0.4, -0.2) is 17.0 Å². The quantitative estimate of drug-likeness (QED) is 0.283. The number of nitrogens with zero attached hydrogens (tertiary/aromatic N) is 2. The van der Waals surface area contributed by atoms with Crippen LogP contribution in [0.25, 0.3) is 22.0 Å². The molecule has 0 aliphatic heterocycles. The third kappa shape index (κ3) is 3.74. The van der Waals surface area contributed by atoms with Crippen LogP contribution in [0.3, 0.4) is 0 Å².